The monoisotopic (exact) mass is 320 g/mol. The van der Waals surface area contributed by atoms with Crippen LogP contribution in [0.5, 0.6) is 5.75 Å². The van der Waals surface area contributed by atoms with Crippen LogP contribution in [0.15, 0.2) is 68.9 Å². The number of para-hydroxylation sites is 1. The molecule has 1 aliphatic rings. The summed E-state index contributed by atoms with van der Waals surface area (Å²) >= 11 is 0. The maximum atomic E-state index is 12.3. The predicted octanol–water partition coefficient (Wildman–Crippen LogP) is 2.89. The number of nitrogens with one attached hydrogen (secondary N) is 1. The lowest BCUT2D eigenvalue weighted by molar-refractivity contribution is 0.414. The molecule has 3 aromatic rings. The van der Waals surface area contributed by atoms with Gasteiger partial charge in [0.1, 0.15) is 17.0 Å². The molecule has 0 amide bonds. The van der Waals surface area contributed by atoms with Crippen molar-refractivity contribution >= 4 is 16.7 Å². The standard InChI is InChI=1S/C19H16N2O3/c1-23-13-8-6-12(7-9-13)15-11-20-21-19(15)18-10-16(22)14-4-2-3-5-17(14)24-18/h2-10,15,20H,11H2,1H3/t15-/m1/s1. The summed E-state index contributed by atoms with van der Waals surface area (Å²) in [7, 11) is 1.64. The van der Waals surface area contributed by atoms with E-state index in [1.54, 1.807) is 19.2 Å². The molecule has 0 aliphatic carbocycles. The Labute approximate surface area is 138 Å². The maximum absolute atomic E-state index is 12.3. The summed E-state index contributed by atoms with van der Waals surface area (Å²) in [6.45, 7) is 0.665. The molecule has 24 heavy (non-hydrogen) atoms. The first-order chi connectivity index (χ1) is 11.8. The average Bonchev–Trinajstić information content (AvgIpc) is 3.11. The highest BCUT2D eigenvalue weighted by molar-refractivity contribution is 6.04. The second kappa shape index (κ2) is 5.85. The van der Waals surface area contributed by atoms with Crippen LogP contribution in [0.25, 0.3) is 11.0 Å². The van der Waals surface area contributed by atoms with Crippen molar-refractivity contribution in [2.24, 2.45) is 5.10 Å². The van der Waals surface area contributed by atoms with Gasteiger partial charge in [0.25, 0.3) is 0 Å². The number of benzene rings is 2. The van der Waals surface area contributed by atoms with E-state index in [4.69, 9.17) is 9.15 Å². The van der Waals surface area contributed by atoms with Crippen molar-refractivity contribution in [1.29, 1.82) is 0 Å². The van der Waals surface area contributed by atoms with Crippen molar-refractivity contribution in [3.05, 3.63) is 76.1 Å². The van der Waals surface area contributed by atoms with Gasteiger partial charge in [0.2, 0.25) is 0 Å². The van der Waals surface area contributed by atoms with E-state index < -0.39 is 0 Å². The van der Waals surface area contributed by atoms with E-state index in [1.807, 2.05) is 36.4 Å². The summed E-state index contributed by atoms with van der Waals surface area (Å²) < 4.78 is 11.1. The lowest BCUT2D eigenvalue weighted by atomic mass is 9.93. The highest BCUT2D eigenvalue weighted by Crippen LogP contribution is 2.27. The fraction of sp³-hybridized carbons (Fsp3) is 0.158. The normalized spacial score (nSPS) is 16.7. The summed E-state index contributed by atoms with van der Waals surface area (Å²) in [5.41, 5.74) is 5.35. The number of fused-ring (bicyclic) bond motifs is 1. The molecule has 2 aromatic carbocycles. The van der Waals surface area contributed by atoms with E-state index in [1.165, 1.54) is 6.07 Å². The van der Waals surface area contributed by atoms with Crippen LogP contribution in [0.4, 0.5) is 0 Å². The molecule has 0 saturated carbocycles. The molecule has 5 nitrogen and oxygen atoms in total. The predicted molar refractivity (Wildman–Crippen MR) is 92.8 cm³/mol. The zero-order valence-corrected chi connectivity index (χ0v) is 13.2. The molecule has 1 aliphatic heterocycles. The zero-order chi connectivity index (χ0) is 16.5. The molecule has 1 aromatic heterocycles. The Morgan fingerprint density at radius 1 is 1.17 bits per heavy atom. The van der Waals surface area contributed by atoms with Gasteiger partial charge in [-0.2, -0.15) is 5.10 Å². The summed E-state index contributed by atoms with van der Waals surface area (Å²) in [5.74, 6) is 1.34. The van der Waals surface area contributed by atoms with E-state index in [0.717, 1.165) is 17.0 Å². The third kappa shape index (κ3) is 2.44. The zero-order valence-electron chi connectivity index (χ0n) is 13.2. The van der Waals surface area contributed by atoms with Crippen molar-refractivity contribution in [2.45, 2.75) is 5.92 Å². The third-order valence-electron chi connectivity index (χ3n) is 4.23. The second-order valence-electron chi connectivity index (χ2n) is 5.66. The Kier molecular flexibility index (Phi) is 3.54. The first kappa shape index (κ1) is 14.5. The number of hydrazone groups is 1. The Morgan fingerprint density at radius 2 is 1.96 bits per heavy atom. The molecule has 0 saturated heterocycles. The van der Waals surface area contributed by atoms with Crippen LogP contribution in [-0.4, -0.2) is 19.4 Å². The first-order valence-electron chi connectivity index (χ1n) is 7.74. The minimum Gasteiger partial charge on any atom is -0.497 e. The van der Waals surface area contributed by atoms with E-state index in [9.17, 15) is 4.79 Å². The molecule has 0 bridgehead atoms. The molecule has 0 unspecified atom stereocenters. The van der Waals surface area contributed by atoms with Crippen LogP contribution in [-0.2, 0) is 0 Å². The van der Waals surface area contributed by atoms with Gasteiger partial charge in [0.15, 0.2) is 11.2 Å². The smallest absolute Gasteiger partial charge is 0.193 e. The second-order valence-corrected chi connectivity index (χ2v) is 5.66. The highest BCUT2D eigenvalue weighted by atomic mass is 16.5. The highest BCUT2D eigenvalue weighted by Gasteiger charge is 2.27. The Bertz CT molecular complexity index is 974. The molecule has 0 spiro atoms. The number of hydrogen-bond donors (Lipinski definition) is 1. The Balaban J connectivity index is 1.76. The SMILES string of the molecule is COc1ccc([C@H]2CNN=C2c2cc(=O)c3ccccc3o2)cc1. The van der Waals surface area contributed by atoms with Crippen molar-refractivity contribution in [2.75, 3.05) is 13.7 Å². The molecular formula is C19H16N2O3. The molecule has 0 fully saturated rings. The van der Waals surface area contributed by atoms with E-state index >= 15 is 0 Å². The maximum Gasteiger partial charge on any atom is 0.193 e. The molecule has 120 valence electrons. The number of hydrogen-bond acceptors (Lipinski definition) is 5. The fourth-order valence-corrected chi connectivity index (χ4v) is 2.97. The van der Waals surface area contributed by atoms with Gasteiger partial charge in [-0.1, -0.05) is 24.3 Å². The van der Waals surface area contributed by atoms with E-state index in [2.05, 4.69) is 10.5 Å². The van der Waals surface area contributed by atoms with E-state index in [-0.39, 0.29) is 11.3 Å². The molecule has 5 heteroatoms. The molecule has 0 radical (unpaired) electrons. The van der Waals surface area contributed by atoms with Gasteiger partial charge >= 0.3 is 0 Å². The minimum atomic E-state index is -0.0602. The molecule has 2 heterocycles. The van der Waals surface area contributed by atoms with Crippen LogP contribution in [0.3, 0.4) is 0 Å². The lowest BCUT2D eigenvalue weighted by Gasteiger charge is -2.12. The largest absolute Gasteiger partial charge is 0.497 e. The molecular weight excluding hydrogens is 304 g/mol. The summed E-state index contributed by atoms with van der Waals surface area (Å²) in [6, 6.07) is 16.6. The summed E-state index contributed by atoms with van der Waals surface area (Å²) in [4.78, 5) is 12.3. The first-order valence-corrected chi connectivity index (χ1v) is 7.74. The van der Waals surface area contributed by atoms with Gasteiger partial charge < -0.3 is 14.6 Å². The van der Waals surface area contributed by atoms with Crippen molar-refractivity contribution in [3.63, 3.8) is 0 Å². The van der Waals surface area contributed by atoms with Crippen LogP contribution in [0.2, 0.25) is 0 Å². The Hall–Kier alpha value is -3.08. The Morgan fingerprint density at radius 3 is 2.75 bits per heavy atom. The fourth-order valence-electron chi connectivity index (χ4n) is 2.97. The molecule has 1 atom stereocenters. The van der Waals surface area contributed by atoms with Gasteiger partial charge in [-0.15, -0.1) is 0 Å². The third-order valence-corrected chi connectivity index (χ3v) is 4.23. The summed E-state index contributed by atoms with van der Waals surface area (Å²) in [6.07, 6.45) is 0. The van der Waals surface area contributed by atoms with Crippen molar-refractivity contribution in [3.8, 4) is 5.75 Å². The number of nitrogens with zero attached hydrogens (tertiary/aromatic N) is 1. The lowest BCUT2D eigenvalue weighted by Crippen LogP contribution is -2.16. The van der Waals surface area contributed by atoms with Gasteiger partial charge in [0, 0.05) is 12.6 Å². The van der Waals surface area contributed by atoms with Crippen molar-refractivity contribution < 1.29 is 9.15 Å². The average molecular weight is 320 g/mol. The molecule has 4 rings (SSSR count). The van der Waals surface area contributed by atoms with Gasteiger partial charge in [-0.3, -0.25) is 4.79 Å². The number of methoxy groups -OCH3 is 1. The quantitative estimate of drug-likeness (QED) is 0.806. The van der Waals surface area contributed by atoms with Crippen LogP contribution in [0.1, 0.15) is 17.2 Å². The van der Waals surface area contributed by atoms with Gasteiger partial charge in [-0.25, -0.2) is 0 Å². The number of rotatable bonds is 3. The minimum absolute atomic E-state index is 0.0280. The molecule has 1 N–H and O–H groups in total. The van der Waals surface area contributed by atoms with Gasteiger partial charge in [0.05, 0.1) is 18.4 Å². The topological polar surface area (TPSA) is 63.8 Å². The van der Waals surface area contributed by atoms with Crippen LogP contribution < -0.4 is 15.6 Å². The van der Waals surface area contributed by atoms with Crippen LogP contribution in [0, 0.1) is 0 Å². The van der Waals surface area contributed by atoms with E-state index in [0.29, 0.717) is 23.3 Å². The van der Waals surface area contributed by atoms with Crippen LogP contribution >= 0.6 is 0 Å². The van der Waals surface area contributed by atoms with Gasteiger partial charge in [-0.05, 0) is 29.8 Å². The number of ether oxygens (including phenoxy) is 1. The summed E-state index contributed by atoms with van der Waals surface area (Å²) in [5, 5.41) is 4.93. The van der Waals surface area contributed by atoms with Crippen molar-refractivity contribution in [1.82, 2.24) is 5.43 Å².